The van der Waals surface area contributed by atoms with Gasteiger partial charge < -0.3 is 14.8 Å². The molecule has 3 aromatic rings. The predicted octanol–water partition coefficient (Wildman–Crippen LogP) is 4.50. The van der Waals surface area contributed by atoms with Crippen LogP contribution in [0.5, 0.6) is 11.5 Å². The van der Waals surface area contributed by atoms with Crippen LogP contribution >= 0.6 is 11.6 Å². The molecule has 1 amide bonds. The highest BCUT2D eigenvalue weighted by Gasteiger charge is 2.13. The van der Waals surface area contributed by atoms with Gasteiger partial charge in [-0.2, -0.15) is 5.10 Å². The van der Waals surface area contributed by atoms with Gasteiger partial charge in [-0.15, -0.1) is 0 Å². The van der Waals surface area contributed by atoms with Gasteiger partial charge in [-0.25, -0.2) is 0 Å². The Morgan fingerprint density at radius 2 is 1.83 bits per heavy atom. The number of carbonyl (C=O) groups is 1. The van der Waals surface area contributed by atoms with Crippen LogP contribution in [0.15, 0.2) is 48.5 Å². The monoisotopic (exact) mass is 413 g/mol. The lowest BCUT2D eigenvalue weighted by molar-refractivity contribution is 0.0949. The van der Waals surface area contributed by atoms with Crippen molar-refractivity contribution < 1.29 is 14.3 Å². The van der Waals surface area contributed by atoms with E-state index in [1.54, 1.807) is 12.1 Å². The molecule has 6 nitrogen and oxygen atoms in total. The Kier molecular flexibility index (Phi) is 7.14. The molecule has 0 spiro atoms. The SMILES string of the molecule is CCOc1ccc(CCNC(=O)c2cc(-c3ccccc3Cl)n[nH]2)cc1OCC. The molecule has 0 aliphatic heterocycles. The van der Waals surface area contributed by atoms with E-state index >= 15 is 0 Å². The van der Waals surface area contributed by atoms with Gasteiger partial charge in [0.25, 0.3) is 5.91 Å². The highest BCUT2D eigenvalue weighted by Crippen LogP contribution is 2.29. The summed E-state index contributed by atoms with van der Waals surface area (Å²) >= 11 is 6.19. The molecule has 0 bridgehead atoms. The minimum Gasteiger partial charge on any atom is -0.490 e. The second-order valence-electron chi connectivity index (χ2n) is 6.30. The molecule has 0 aliphatic carbocycles. The van der Waals surface area contributed by atoms with Gasteiger partial charge in [0.1, 0.15) is 5.69 Å². The molecule has 7 heteroatoms. The number of H-pyrrole nitrogens is 1. The van der Waals surface area contributed by atoms with Gasteiger partial charge in [0.05, 0.1) is 23.9 Å². The zero-order chi connectivity index (χ0) is 20.6. The number of halogens is 1. The van der Waals surface area contributed by atoms with Gasteiger partial charge >= 0.3 is 0 Å². The van der Waals surface area contributed by atoms with E-state index in [1.165, 1.54) is 0 Å². The number of benzene rings is 2. The number of hydrogen-bond acceptors (Lipinski definition) is 4. The number of aromatic amines is 1. The van der Waals surface area contributed by atoms with Crippen molar-refractivity contribution >= 4 is 17.5 Å². The topological polar surface area (TPSA) is 76.2 Å². The third-order valence-electron chi connectivity index (χ3n) is 4.28. The Morgan fingerprint density at radius 1 is 1.07 bits per heavy atom. The average Bonchev–Trinajstić information content (AvgIpc) is 3.20. The van der Waals surface area contributed by atoms with Gasteiger partial charge in [0.2, 0.25) is 0 Å². The molecule has 0 aliphatic rings. The molecule has 29 heavy (non-hydrogen) atoms. The number of amides is 1. The Labute approximate surface area is 175 Å². The van der Waals surface area contributed by atoms with E-state index in [2.05, 4.69) is 15.5 Å². The third-order valence-corrected chi connectivity index (χ3v) is 4.61. The summed E-state index contributed by atoms with van der Waals surface area (Å²) in [6.45, 7) is 5.50. The first kappa shape index (κ1) is 20.7. The van der Waals surface area contributed by atoms with Crippen molar-refractivity contribution in [3.8, 4) is 22.8 Å². The average molecular weight is 414 g/mol. The first-order valence-corrected chi connectivity index (χ1v) is 9.97. The second kappa shape index (κ2) is 9.98. The first-order chi connectivity index (χ1) is 14.1. The lowest BCUT2D eigenvalue weighted by Crippen LogP contribution is -2.26. The lowest BCUT2D eigenvalue weighted by atomic mass is 10.1. The Balaban J connectivity index is 1.59. The number of aromatic nitrogens is 2. The summed E-state index contributed by atoms with van der Waals surface area (Å²) in [5, 5.41) is 10.5. The minimum absolute atomic E-state index is 0.216. The highest BCUT2D eigenvalue weighted by molar-refractivity contribution is 6.33. The Bertz CT molecular complexity index is 971. The summed E-state index contributed by atoms with van der Waals surface area (Å²) in [7, 11) is 0. The molecule has 1 aromatic heterocycles. The molecule has 0 fully saturated rings. The van der Waals surface area contributed by atoms with E-state index in [1.807, 2.05) is 50.2 Å². The van der Waals surface area contributed by atoms with E-state index in [-0.39, 0.29) is 5.91 Å². The van der Waals surface area contributed by atoms with Gasteiger partial charge in [-0.3, -0.25) is 9.89 Å². The molecular weight excluding hydrogens is 390 g/mol. The van der Waals surface area contributed by atoms with Crippen molar-refractivity contribution in [1.29, 1.82) is 0 Å². The largest absolute Gasteiger partial charge is 0.490 e. The van der Waals surface area contributed by atoms with Crippen LogP contribution in [0.3, 0.4) is 0 Å². The Hall–Kier alpha value is -2.99. The minimum atomic E-state index is -0.216. The molecular formula is C22H24ClN3O3. The summed E-state index contributed by atoms with van der Waals surface area (Å²) in [6, 6.07) is 14.9. The molecule has 0 unspecified atom stereocenters. The molecule has 1 heterocycles. The van der Waals surface area contributed by atoms with Crippen LogP contribution in [0.4, 0.5) is 0 Å². The van der Waals surface area contributed by atoms with E-state index in [4.69, 9.17) is 21.1 Å². The van der Waals surface area contributed by atoms with Gasteiger partial charge in [-0.1, -0.05) is 35.9 Å². The summed E-state index contributed by atoms with van der Waals surface area (Å²) in [5.41, 5.74) is 2.86. The van der Waals surface area contributed by atoms with Crippen LogP contribution in [-0.2, 0) is 6.42 Å². The van der Waals surface area contributed by atoms with E-state index < -0.39 is 0 Å². The molecule has 0 saturated carbocycles. The molecule has 152 valence electrons. The van der Waals surface area contributed by atoms with Crippen molar-refractivity contribution in [3.05, 3.63) is 64.8 Å². The van der Waals surface area contributed by atoms with Crippen molar-refractivity contribution in [2.45, 2.75) is 20.3 Å². The second-order valence-corrected chi connectivity index (χ2v) is 6.71. The fraction of sp³-hybridized carbons (Fsp3) is 0.273. The molecule has 0 radical (unpaired) electrons. The van der Waals surface area contributed by atoms with Crippen LogP contribution in [0.2, 0.25) is 5.02 Å². The number of nitrogens with one attached hydrogen (secondary N) is 2. The zero-order valence-electron chi connectivity index (χ0n) is 16.5. The highest BCUT2D eigenvalue weighted by atomic mass is 35.5. The van der Waals surface area contributed by atoms with Crippen molar-refractivity contribution in [2.24, 2.45) is 0 Å². The maximum atomic E-state index is 12.4. The number of rotatable bonds is 9. The van der Waals surface area contributed by atoms with E-state index in [0.29, 0.717) is 42.6 Å². The fourth-order valence-corrected chi connectivity index (χ4v) is 3.14. The van der Waals surface area contributed by atoms with Gasteiger partial charge in [0.15, 0.2) is 11.5 Å². The number of nitrogens with zero attached hydrogens (tertiary/aromatic N) is 1. The summed E-state index contributed by atoms with van der Waals surface area (Å²) in [5.74, 6) is 1.23. The van der Waals surface area contributed by atoms with Gasteiger partial charge in [-0.05, 0) is 50.1 Å². The smallest absolute Gasteiger partial charge is 0.269 e. The maximum absolute atomic E-state index is 12.4. The van der Waals surface area contributed by atoms with Crippen molar-refractivity contribution in [1.82, 2.24) is 15.5 Å². The van der Waals surface area contributed by atoms with Crippen LogP contribution < -0.4 is 14.8 Å². The quantitative estimate of drug-likeness (QED) is 0.541. The van der Waals surface area contributed by atoms with Crippen LogP contribution in [-0.4, -0.2) is 35.9 Å². The number of carbonyl (C=O) groups excluding carboxylic acids is 1. The zero-order valence-corrected chi connectivity index (χ0v) is 17.3. The molecule has 2 N–H and O–H groups in total. The molecule has 0 atom stereocenters. The van der Waals surface area contributed by atoms with Gasteiger partial charge in [0, 0.05) is 12.1 Å². The van der Waals surface area contributed by atoms with Crippen LogP contribution in [0, 0.1) is 0 Å². The van der Waals surface area contributed by atoms with E-state index in [0.717, 1.165) is 22.6 Å². The first-order valence-electron chi connectivity index (χ1n) is 9.59. The van der Waals surface area contributed by atoms with Crippen LogP contribution in [0.1, 0.15) is 29.9 Å². The normalized spacial score (nSPS) is 10.6. The fourth-order valence-electron chi connectivity index (χ4n) is 2.91. The lowest BCUT2D eigenvalue weighted by Gasteiger charge is -2.12. The van der Waals surface area contributed by atoms with Crippen LogP contribution in [0.25, 0.3) is 11.3 Å². The predicted molar refractivity (Wildman–Crippen MR) is 114 cm³/mol. The molecule has 2 aromatic carbocycles. The third kappa shape index (κ3) is 5.29. The van der Waals surface area contributed by atoms with E-state index in [9.17, 15) is 4.79 Å². The molecule has 0 saturated heterocycles. The molecule has 3 rings (SSSR count). The summed E-state index contributed by atoms with van der Waals surface area (Å²) < 4.78 is 11.2. The standard InChI is InChI=1S/C22H24ClN3O3/c1-3-28-20-10-9-15(13-21(20)29-4-2)11-12-24-22(27)19-14-18(25-26-19)16-7-5-6-8-17(16)23/h5-10,13-14H,3-4,11-12H2,1-2H3,(H,24,27)(H,25,26). The van der Waals surface area contributed by atoms with Crippen molar-refractivity contribution in [3.63, 3.8) is 0 Å². The number of ether oxygens (including phenoxy) is 2. The summed E-state index contributed by atoms with van der Waals surface area (Å²) in [4.78, 5) is 12.4. The maximum Gasteiger partial charge on any atom is 0.269 e. The summed E-state index contributed by atoms with van der Waals surface area (Å²) in [6.07, 6.45) is 0.670. The number of hydrogen-bond donors (Lipinski definition) is 2. The Morgan fingerprint density at radius 3 is 2.59 bits per heavy atom. The van der Waals surface area contributed by atoms with Crippen molar-refractivity contribution in [2.75, 3.05) is 19.8 Å².